The van der Waals surface area contributed by atoms with Crippen LogP contribution in [0.4, 0.5) is 43.0 Å². The summed E-state index contributed by atoms with van der Waals surface area (Å²) in [5.41, 5.74) is 24.8. The summed E-state index contributed by atoms with van der Waals surface area (Å²) in [5.74, 6) is 0.202. The van der Waals surface area contributed by atoms with Gasteiger partial charge in [-0.25, -0.2) is 39.1 Å². The van der Waals surface area contributed by atoms with Crippen molar-refractivity contribution in [1.29, 1.82) is 0 Å². The molecule has 1 aliphatic carbocycles. The van der Waals surface area contributed by atoms with Gasteiger partial charge in [-0.2, -0.15) is 19.9 Å². The van der Waals surface area contributed by atoms with Crippen molar-refractivity contribution in [1.82, 2.24) is 78.1 Å². The number of aromatic nitrogens is 16. The van der Waals surface area contributed by atoms with Crippen LogP contribution in [0, 0.1) is 5.92 Å². The number of carbonyl (C=O) groups excluding carboxylic acids is 4. The van der Waals surface area contributed by atoms with E-state index in [0.717, 1.165) is 25.7 Å². The molecule has 0 saturated heterocycles. The predicted molar refractivity (Wildman–Crippen MR) is 526 cm³/mol. The highest BCUT2D eigenvalue weighted by atomic mass is 35.5. The van der Waals surface area contributed by atoms with Gasteiger partial charge in [0.25, 0.3) is 22.2 Å². The Labute approximate surface area is 848 Å². The van der Waals surface area contributed by atoms with Gasteiger partial charge < -0.3 is 116 Å². The van der Waals surface area contributed by atoms with Gasteiger partial charge in [0, 0.05) is 46.3 Å². The molecular formula is C86H102Cl4N20O32P4. The van der Waals surface area contributed by atoms with Gasteiger partial charge in [0.15, 0.2) is 44.7 Å². The van der Waals surface area contributed by atoms with E-state index in [0.29, 0.717) is 42.3 Å². The Bertz CT molecular complexity index is 7000. The Morgan fingerprint density at radius 3 is 0.973 bits per heavy atom. The molecule has 14 rings (SSSR count). The van der Waals surface area contributed by atoms with E-state index in [2.05, 4.69) is 59.8 Å². The minimum atomic E-state index is -3.92. The third kappa shape index (κ3) is 37.7. The number of H-pyrrole nitrogens is 4. The Balaban J connectivity index is 0.000000185. The van der Waals surface area contributed by atoms with Gasteiger partial charge >= 0.3 is 55.0 Å². The lowest BCUT2D eigenvalue weighted by atomic mass is 10.2. The van der Waals surface area contributed by atoms with E-state index in [4.69, 9.17) is 162 Å². The molecule has 52 nitrogen and oxygen atoms in total. The average Bonchev–Trinajstić information content (AvgIpc) is 1.67. The van der Waals surface area contributed by atoms with Crippen LogP contribution in [0.5, 0.6) is 5.75 Å². The molecule has 4 atom stereocenters. The fourth-order valence-electron chi connectivity index (χ4n) is 12.5. The van der Waals surface area contributed by atoms with Gasteiger partial charge in [-0.05, 0) is 128 Å². The van der Waals surface area contributed by atoms with Crippen molar-refractivity contribution in [2.75, 3.05) is 109 Å². The largest absolute Gasteiger partial charge is 0.515 e. The number of ether oxygens (including phenoxy) is 12. The summed E-state index contributed by atoms with van der Waals surface area (Å²) in [4.78, 5) is 136. The Morgan fingerprint density at radius 2 is 0.678 bits per heavy atom. The molecule has 12 N–H and O–H groups in total. The second-order valence-electron chi connectivity index (χ2n) is 31.3. The monoisotopic (exact) mass is 2190 g/mol. The van der Waals surface area contributed by atoms with Crippen molar-refractivity contribution in [3.05, 3.63) is 236 Å². The smallest absolute Gasteiger partial charge is 0.434 e. The first-order valence-electron chi connectivity index (χ1n) is 43.9. The number of halogens is 4. The number of benzene rings is 5. The number of nitrogens with one attached hydrogen (secondary N) is 4. The molecule has 0 spiro atoms. The number of para-hydroxylation sites is 1. The number of rotatable bonds is 49. The highest BCUT2D eigenvalue weighted by Crippen LogP contribution is 2.52. The first-order chi connectivity index (χ1) is 69.9. The number of aromatic amines is 4. The van der Waals surface area contributed by atoms with Gasteiger partial charge in [-0.15, -0.1) is 0 Å². The van der Waals surface area contributed by atoms with Crippen molar-refractivity contribution in [3.8, 4) is 5.75 Å². The summed E-state index contributed by atoms with van der Waals surface area (Å²) in [6.45, 7) is 5.23. The molecule has 1 aliphatic rings. The number of hydrogen-bond acceptors (Lipinski definition) is 44. The van der Waals surface area contributed by atoms with Crippen molar-refractivity contribution >= 4 is 170 Å². The van der Waals surface area contributed by atoms with E-state index in [1.807, 2.05) is 13.8 Å². The molecule has 8 aromatic heterocycles. The Hall–Kier alpha value is -12.6. The third-order valence-electron chi connectivity index (χ3n) is 19.2. The van der Waals surface area contributed by atoms with Gasteiger partial charge in [-0.3, -0.25) is 75.5 Å². The lowest BCUT2D eigenvalue weighted by Crippen LogP contribution is -2.17. The molecule has 13 aromatic rings. The van der Waals surface area contributed by atoms with E-state index in [1.54, 1.807) is 160 Å². The molecule has 146 heavy (non-hydrogen) atoms. The second-order valence-corrected chi connectivity index (χ2v) is 41.1. The van der Waals surface area contributed by atoms with Crippen molar-refractivity contribution < 1.29 is 130 Å². The molecule has 60 heteroatoms. The zero-order valence-electron chi connectivity index (χ0n) is 78.4. The number of nitrogen functional groups attached to an aromatic ring is 4. The molecule has 786 valence electrons. The van der Waals surface area contributed by atoms with E-state index in [-0.39, 0.29) is 172 Å². The zero-order valence-corrected chi connectivity index (χ0v) is 85.0. The molecule has 0 aliphatic heterocycles. The Kier molecular flexibility index (Phi) is 43.9. The number of hydrogen-bond donors (Lipinski definition) is 8. The van der Waals surface area contributed by atoms with E-state index < -0.39 is 136 Å². The van der Waals surface area contributed by atoms with Crippen LogP contribution in [-0.2, 0) is 159 Å². The number of imidazole rings is 4. The fraction of sp³-hybridized carbons (Fsp3) is 0.372. The first-order valence-corrected chi connectivity index (χ1v) is 52.3. The van der Waals surface area contributed by atoms with E-state index in [1.165, 1.54) is 25.3 Å². The summed E-state index contributed by atoms with van der Waals surface area (Å²) in [7, 11) is -15.6. The minimum Gasteiger partial charge on any atom is -0.434 e. The quantitative estimate of drug-likeness (QED) is 0.00438. The molecular weight excluding hydrogens is 2090 g/mol. The van der Waals surface area contributed by atoms with Crippen LogP contribution in [-0.4, -0.2) is 201 Å². The van der Waals surface area contributed by atoms with Gasteiger partial charge in [0.1, 0.15) is 37.2 Å². The fourth-order valence-corrected chi connectivity index (χ4v) is 17.8. The third-order valence-corrected chi connectivity index (χ3v) is 26.2. The summed E-state index contributed by atoms with van der Waals surface area (Å²) in [6, 6.07) is 35.5. The summed E-state index contributed by atoms with van der Waals surface area (Å²) in [5, 5.41) is 1.94. The summed E-state index contributed by atoms with van der Waals surface area (Å²) < 4.78 is 164. The molecule has 0 amide bonds. The number of nitrogens with zero attached hydrogens (tertiary/aromatic N) is 12. The lowest BCUT2D eigenvalue weighted by molar-refractivity contribution is -0.0215. The minimum absolute atomic E-state index is 0.0324. The number of anilines is 4. The predicted octanol–water partition coefficient (Wildman–Crippen LogP) is 14.5. The molecule has 0 bridgehead atoms. The van der Waals surface area contributed by atoms with E-state index >= 15 is 0 Å². The van der Waals surface area contributed by atoms with Gasteiger partial charge in [0.05, 0.1) is 90.9 Å². The van der Waals surface area contributed by atoms with Gasteiger partial charge in [-0.1, -0.05) is 127 Å². The standard InChI is InChI=1S/C23H23ClN5O8P.C22H27ClN5O8P.C21H27ClN5O8P.C20H25ClN5O8P/c24-17-6-4-5-16(11-17)12-35-38(32,36-14-34-23(31)37-18-7-2-1-3-8-18)15-33-10-9-29-13-26-19-20(29)27-22(25)28-21(19)30;23-16-5-3-4-15(10-16)11-34-37(31,35-13-33-22(30)36-17-6-1-2-7-17)14-32-9-8-28-12-25-18-19(28)26-21(24)27-20(18)29;1-14(2)9-32-21(29)33-12-35-36(30,34-10-15-4-3-5-16(22)8-15)13-31-7-6-27-11-24-17-18(27)25-20(23)26-19(17)28;1-13(2)34-20(28)31-11-33-35(29,32-9-14-4-3-5-15(21)8-14)12-30-7-6-26-10-23-16-17(26)24-19(22)25-18(16)27/h1-8,11,13H,9-10,12,14-15H2,(H3,25,27,28,30);3-5,10,12,17H,1-2,6-9,11,13-14H2,(H3,24,26,27,29);3-5,8,11,14H,6-7,9-10,12-13H2,1-2H3,(H3,23,25,26,28);3-5,8,10,13H,6-7,9,11-12H2,1-2H3,(H3,22,24,25,27). The normalized spacial score (nSPS) is 13.7. The number of nitrogens with two attached hydrogens (primary N) is 4. The number of fused-ring (bicyclic) bond motifs is 4. The molecule has 8 heterocycles. The number of carbonyl (C=O) groups is 4. The van der Waals surface area contributed by atoms with Crippen LogP contribution < -0.4 is 49.9 Å². The maximum atomic E-state index is 13.3. The highest BCUT2D eigenvalue weighted by Gasteiger charge is 2.33. The molecule has 4 unspecified atom stereocenters. The van der Waals surface area contributed by atoms with Gasteiger partial charge in [0.2, 0.25) is 51.0 Å². The zero-order chi connectivity index (χ0) is 105. The van der Waals surface area contributed by atoms with Crippen LogP contribution >= 0.6 is 76.8 Å². The highest BCUT2D eigenvalue weighted by molar-refractivity contribution is 7.54. The van der Waals surface area contributed by atoms with Crippen molar-refractivity contribution in [2.45, 2.75) is 118 Å². The topological polar surface area (TPSA) is 680 Å². The SMILES string of the molecule is CC(C)COC(=O)OCOP(=O)(COCCn1cnc2c(=O)[nH]c(N)nc21)OCc1cccc(Cl)c1.CC(C)OC(=O)OCOP(=O)(COCCn1cnc2c(=O)[nH]c(N)nc21)OCc1cccc(Cl)c1.Nc1nc2c(ncn2CCOCP(=O)(OCOC(=O)OC2CCCC2)OCc2cccc(Cl)c2)c(=O)[nH]1.Nc1nc2c(ncn2CCOCP(=O)(OCOC(=O)Oc2ccccc2)OCc2cccc(Cl)c2)c(=O)[nH]1. The van der Waals surface area contributed by atoms with Crippen LogP contribution in [0.1, 0.15) is 75.6 Å². The maximum Gasteiger partial charge on any atom is 0.515 e. The second kappa shape index (κ2) is 56.3. The van der Waals surface area contributed by atoms with Crippen LogP contribution in [0.2, 0.25) is 20.1 Å². The lowest BCUT2D eigenvalue weighted by Gasteiger charge is -2.19. The Morgan fingerprint density at radius 1 is 0.384 bits per heavy atom. The summed E-state index contributed by atoms with van der Waals surface area (Å²) in [6.07, 6.45) is 2.97. The molecule has 0 radical (unpaired) electrons. The average molecular weight is 2190 g/mol. The molecule has 1 fully saturated rings. The first kappa shape index (κ1) is 114. The van der Waals surface area contributed by atoms with E-state index in [9.17, 15) is 56.6 Å². The van der Waals surface area contributed by atoms with Crippen LogP contribution in [0.15, 0.2) is 172 Å². The molecule has 1 saturated carbocycles. The summed E-state index contributed by atoms with van der Waals surface area (Å²) >= 11 is 24.0. The molecule has 5 aromatic carbocycles. The van der Waals surface area contributed by atoms with Crippen LogP contribution in [0.3, 0.4) is 0 Å². The van der Waals surface area contributed by atoms with Crippen LogP contribution in [0.25, 0.3) is 44.7 Å². The van der Waals surface area contributed by atoms with Crippen molar-refractivity contribution in [3.63, 3.8) is 0 Å². The van der Waals surface area contributed by atoms with Crippen molar-refractivity contribution in [2.24, 2.45) is 5.92 Å². The maximum absolute atomic E-state index is 13.3.